The van der Waals surface area contributed by atoms with Crippen molar-refractivity contribution in [3.63, 3.8) is 0 Å². The fourth-order valence-corrected chi connectivity index (χ4v) is 9.39. The molecule has 4 aromatic rings. The maximum absolute atomic E-state index is 13.7. The van der Waals surface area contributed by atoms with Crippen molar-refractivity contribution in [3.05, 3.63) is 107 Å². The van der Waals surface area contributed by atoms with Crippen LogP contribution in [-0.4, -0.2) is 106 Å². The van der Waals surface area contributed by atoms with Crippen molar-refractivity contribution in [2.24, 2.45) is 23.1 Å². The van der Waals surface area contributed by atoms with E-state index in [2.05, 4.69) is 39.7 Å². The standard InChI is InChI=1S/C46H58N10O5/c1-3-35-27-54(39(43(48)49)23-38(47)36-6-4-5-7-40(36)57)28-41(61-35)31-10-12-32(13-11-31)45(59)53-20-18-52(19-21-53)26-30-8-14-33(15-9-30)56-25-29(2)37-22-34(24-50-44(37)56)55-17-16-42(58)51-46(55)60/h4-7,10-13,22-25,30,33,35,41,57H,3,8-9,14-21,26-28,47-49H2,1-2H3,(H,51,58,60)/b38-23-. The number of allylic oxidation sites excluding steroid dienone is 1. The lowest BCUT2D eigenvalue weighted by atomic mass is 9.85. The highest BCUT2D eigenvalue weighted by atomic mass is 16.5. The van der Waals surface area contributed by atoms with E-state index in [1.165, 1.54) is 0 Å². The molecule has 322 valence electrons. The van der Waals surface area contributed by atoms with Gasteiger partial charge >= 0.3 is 6.03 Å². The second-order valence-electron chi connectivity index (χ2n) is 16.9. The average Bonchev–Trinajstić information content (AvgIpc) is 3.60. The van der Waals surface area contributed by atoms with Crippen molar-refractivity contribution in [2.45, 2.75) is 70.6 Å². The summed E-state index contributed by atoms with van der Waals surface area (Å²) in [5.74, 6) is 0.603. The van der Waals surface area contributed by atoms with Crippen molar-refractivity contribution < 1.29 is 24.2 Å². The molecule has 3 aliphatic heterocycles. The van der Waals surface area contributed by atoms with E-state index in [1.54, 1.807) is 35.4 Å². The molecule has 2 aromatic carbocycles. The van der Waals surface area contributed by atoms with Gasteiger partial charge in [0.1, 0.15) is 23.3 Å². The summed E-state index contributed by atoms with van der Waals surface area (Å²) >= 11 is 0. The Morgan fingerprint density at radius 2 is 1.69 bits per heavy atom. The number of carbonyl (C=O) groups is 3. The molecule has 0 spiro atoms. The van der Waals surface area contributed by atoms with E-state index >= 15 is 0 Å². The number of anilines is 1. The van der Waals surface area contributed by atoms with Crippen LogP contribution in [0.2, 0.25) is 0 Å². The number of ether oxygens (including phenoxy) is 1. The molecule has 61 heavy (non-hydrogen) atoms. The van der Waals surface area contributed by atoms with E-state index in [4.69, 9.17) is 26.9 Å². The Bertz CT molecular complexity index is 2320. The van der Waals surface area contributed by atoms with Crippen LogP contribution < -0.4 is 27.4 Å². The van der Waals surface area contributed by atoms with Crippen molar-refractivity contribution >= 4 is 40.3 Å². The molecule has 1 aliphatic carbocycles. The zero-order valence-electron chi connectivity index (χ0n) is 35.1. The van der Waals surface area contributed by atoms with Crippen molar-refractivity contribution in [3.8, 4) is 5.75 Å². The van der Waals surface area contributed by atoms with Crippen molar-refractivity contribution in [1.29, 1.82) is 0 Å². The number of phenolic OH excluding ortho intramolecular Hbond substituents is 1. The number of nitrogens with zero attached hydrogens (tertiary/aromatic N) is 6. The van der Waals surface area contributed by atoms with Gasteiger partial charge in [-0.2, -0.15) is 0 Å². The van der Waals surface area contributed by atoms with Crippen LogP contribution in [0.1, 0.15) is 84.6 Å². The Labute approximate surface area is 356 Å². The fraction of sp³-hybridized carbons (Fsp3) is 0.435. The molecule has 15 nitrogen and oxygen atoms in total. The van der Waals surface area contributed by atoms with E-state index in [0.29, 0.717) is 72.9 Å². The van der Waals surface area contributed by atoms with Gasteiger partial charge in [-0.1, -0.05) is 31.2 Å². The zero-order valence-corrected chi connectivity index (χ0v) is 35.1. The number of nitrogens with one attached hydrogen (secondary N) is 1. The third-order valence-electron chi connectivity index (χ3n) is 12.9. The SMILES string of the molecule is CCC1CN(C(/C=C(\N)c2ccccc2O)=C(N)N)CC(c2ccc(C(=O)N3CCN(CC4CCC(n5cc(C)c6cc(N7CCC(=O)NC7=O)cnc65)CC4)CC3)cc2)O1. The minimum Gasteiger partial charge on any atom is -0.507 e. The molecule has 2 aromatic heterocycles. The predicted octanol–water partition coefficient (Wildman–Crippen LogP) is 4.92. The molecule has 4 aliphatic rings. The van der Waals surface area contributed by atoms with Gasteiger partial charge in [0.25, 0.3) is 5.91 Å². The largest absolute Gasteiger partial charge is 0.507 e. The van der Waals surface area contributed by atoms with Gasteiger partial charge in [-0.15, -0.1) is 0 Å². The lowest BCUT2D eigenvalue weighted by Gasteiger charge is -2.40. The van der Waals surface area contributed by atoms with E-state index in [9.17, 15) is 19.5 Å². The number of rotatable bonds is 10. The number of aryl methyl sites for hydroxylation is 1. The maximum Gasteiger partial charge on any atom is 0.328 e. The molecule has 4 fully saturated rings. The summed E-state index contributed by atoms with van der Waals surface area (Å²) in [4.78, 5) is 50.7. The first-order chi connectivity index (χ1) is 29.4. The van der Waals surface area contributed by atoms with Crippen LogP contribution in [0.25, 0.3) is 16.7 Å². The zero-order chi connectivity index (χ0) is 42.8. The molecule has 8 N–H and O–H groups in total. The van der Waals surface area contributed by atoms with Crippen LogP contribution >= 0.6 is 0 Å². The molecular weight excluding hydrogens is 773 g/mol. The van der Waals surface area contributed by atoms with Gasteiger partial charge in [-0.25, -0.2) is 9.78 Å². The highest BCUT2D eigenvalue weighted by Gasteiger charge is 2.32. The average molecular weight is 831 g/mol. The fourth-order valence-electron chi connectivity index (χ4n) is 9.39. The minimum atomic E-state index is -0.400. The van der Waals surface area contributed by atoms with E-state index in [1.807, 2.05) is 41.3 Å². The molecule has 8 rings (SSSR count). The number of aromatic nitrogens is 2. The Morgan fingerprint density at radius 1 is 0.951 bits per heavy atom. The van der Waals surface area contributed by atoms with Crippen LogP contribution in [0.15, 0.2) is 84.6 Å². The van der Waals surface area contributed by atoms with Crippen LogP contribution in [0.3, 0.4) is 0 Å². The second-order valence-corrected chi connectivity index (χ2v) is 16.9. The van der Waals surface area contributed by atoms with Gasteiger partial charge in [0.15, 0.2) is 0 Å². The first-order valence-corrected chi connectivity index (χ1v) is 21.6. The smallest absolute Gasteiger partial charge is 0.328 e. The van der Waals surface area contributed by atoms with Crippen LogP contribution in [0.4, 0.5) is 10.5 Å². The number of carbonyl (C=O) groups excluding carboxylic acids is 3. The first-order valence-electron chi connectivity index (χ1n) is 21.6. The third kappa shape index (κ3) is 9.03. The summed E-state index contributed by atoms with van der Waals surface area (Å²) in [7, 11) is 0. The van der Waals surface area contributed by atoms with Gasteiger partial charge in [-0.05, 0) is 92.5 Å². The molecule has 2 atom stereocenters. The van der Waals surface area contributed by atoms with Crippen LogP contribution in [-0.2, 0) is 9.53 Å². The van der Waals surface area contributed by atoms with Crippen molar-refractivity contribution in [1.82, 2.24) is 29.6 Å². The minimum absolute atomic E-state index is 0.0412. The molecule has 5 heterocycles. The van der Waals surface area contributed by atoms with Gasteiger partial charge < -0.3 is 41.4 Å². The number of piperazine rings is 1. The molecule has 4 amide bonds. The number of imide groups is 1. The topological polar surface area (TPSA) is 202 Å². The third-order valence-corrected chi connectivity index (χ3v) is 12.9. The summed E-state index contributed by atoms with van der Waals surface area (Å²) in [6, 6.07) is 16.6. The Kier molecular flexibility index (Phi) is 12.2. The molecular formula is C46H58N10O5. The summed E-state index contributed by atoms with van der Waals surface area (Å²) in [5.41, 5.74) is 24.6. The number of amides is 4. The van der Waals surface area contributed by atoms with Gasteiger partial charge in [0.2, 0.25) is 5.91 Å². The van der Waals surface area contributed by atoms with E-state index in [0.717, 1.165) is 73.9 Å². The van der Waals surface area contributed by atoms with E-state index in [-0.39, 0.29) is 42.0 Å². The van der Waals surface area contributed by atoms with E-state index < -0.39 is 6.03 Å². The number of urea groups is 1. The second kappa shape index (κ2) is 17.9. The number of hydrogen-bond donors (Lipinski definition) is 5. The number of para-hydroxylation sites is 1. The predicted molar refractivity (Wildman–Crippen MR) is 235 cm³/mol. The summed E-state index contributed by atoms with van der Waals surface area (Å²) in [6.45, 7) is 9.71. The number of fused-ring (bicyclic) bond motifs is 1. The Balaban J connectivity index is 0.827. The number of nitrogens with two attached hydrogens (primary N) is 3. The lowest BCUT2D eigenvalue weighted by molar-refractivity contribution is -0.120. The highest BCUT2D eigenvalue weighted by Crippen LogP contribution is 2.37. The van der Waals surface area contributed by atoms with Gasteiger partial charge in [-0.3, -0.25) is 24.7 Å². The van der Waals surface area contributed by atoms with Crippen LogP contribution in [0, 0.1) is 12.8 Å². The van der Waals surface area contributed by atoms with Gasteiger partial charge in [0, 0.05) is 93.2 Å². The van der Waals surface area contributed by atoms with Gasteiger partial charge in [0.05, 0.1) is 23.7 Å². The quantitative estimate of drug-likeness (QED) is 0.136. The number of morpholine rings is 1. The van der Waals surface area contributed by atoms with Crippen molar-refractivity contribution in [2.75, 3.05) is 57.3 Å². The molecule has 3 saturated heterocycles. The number of aromatic hydroxyl groups is 1. The Morgan fingerprint density at radius 3 is 2.38 bits per heavy atom. The van der Waals surface area contributed by atoms with Crippen LogP contribution in [0.5, 0.6) is 5.75 Å². The molecule has 2 unspecified atom stereocenters. The number of phenols is 1. The number of hydrogen-bond acceptors (Lipinski definition) is 11. The highest BCUT2D eigenvalue weighted by molar-refractivity contribution is 6.06. The monoisotopic (exact) mass is 830 g/mol. The number of benzene rings is 2. The maximum atomic E-state index is 13.7. The summed E-state index contributed by atoms with van der Waals surface area (Å²) in [6.07, 6.45) is 10.8. The molecule has 1 saturated carbocycles. The normalized spacial score (nSPS) is 23.0. The molecule has 0 bridgehead atoms. The lowest BCUT2D eigenvalue weighted by Crippen LogP contribution is -2.50. The first kappa shape index (κ1) is 41.7. The number of pyridine rings is 1. The molecule has 0 radical (unpaired) electrons. The molecule has 15 heteroatoms. The Hall–Kier alpha value is -6.06. The summed E-state index contributed by atoms with van der Waals surface area (Å²) in [5, 5.41) is 13.8. The summed E-state index contributed by atoms with van der Waals surface area (Å²) < 4.78 is 8.81.